The maximum Gasteiger partial charge on any atom is 0.334 e. The lowest BCUT2D eigenvalue weighted by molar-refractivity contribution is -0.153. The monoisotopic (exact) mass is 188 g/mol. The second-order valence-corrected chi connectivity index (χ2v) is 3.59. The number of ether oxygens (including phenoxy) is 1. The Kier molecular flexibility index (Phi) is 6.59. The van der Waals surface area contributed by atoms with E-state index < -0.39 is 12.1 Å². The van der Waals surface area contributed by atoms with Crippen molar-refractivity contribution >= 4 is 5.97 Å². The van der Waals surface area contributed by atoms with Crippen molar-refractivity contribution < 1.29 is 14.6 Å². The predicted molar refractivity (Wildman–Crippen MR) is 51.3 cm³/mol. The minimum Gasteiger partial charge on any atom is -0.464 e. The van der Waals surface area contributed by atoms with E-state index in [2.05, 4.69) is 18.6 Å². The second-order valence-electron chi connectivity index (χ2n) is 3.59. The maximum absolute atomic E-state index is 10.9. The van der Waals surface area contributed by atoms with Crippen LogP contribution in [0.25, 0.3) is 0 Å². The molecule has 0 aromatic carbocycles. The van der Waals surface area contributed by atoms with E-state index in [-0.39, 0.29) is 0 Å². The summed E-state index contributed by atoms with van der Waals surface area (Å²) in [7, 11) is 0. The molecule has 0 saturated carbocycles. The minimum atomic E-state index is -0.932. The lowest BCUT2D eigenvalue weighted by Gasteiger charge is -2.09. The molecule has 0 aromatic rings. The molecule has 78 valence electrons. The Bertz CT molecular complexity index is 143. The van der Waals surface area contributed by atoms with Gasteiger partial charge in [-0.3, -0.25) is 0 Å². The van der Waals surface area contributed by atoms with E-state index in [0.717, 1.165) is 12.8 Å². The van der Waals surface area contributed by atoms with Crippen molar-refractivity contribution in [2.75, 3.05) is 6.61 Å². The molecule has 1 N–H and O–H groups in total. The van der Waals surface area contributed by atoms with Gasteiger partial charge >= 0.3 is 5.97 Å². The molecule has 1 unspecified atom stereocenters. The van der Waals surface area contributed by atoms with Gasteiger partial charge in [-0.1, -0.05) is 26.7 Å². The molecule has 3 nitrogen and oxygen atoms in total. The molecular formula is C10H20O3. The molecule has 0 rings (SSSR count). The summed E-state index contributed by atoms with van der Waals surface area (Å²) in [6.07, 6.45) is 1.49. The van der Waals surface area contributed by atoms with Gasteiger partial charge in [0.25, 0.3) is 0 Å². The lowest BCUT2D eigenvalue weighted by atomic mass is 10.0. The molecule has 0 aromatic heterocycles. The van der Waals surface area contributed by atoms with Gasteiger partial charge in [0.2, 0.25) is 0 Å². The van der Waals surface area contributed by atoms with Crippen molar-refractivity contribution in [3.8, 4) is 0 Å². The summed E-state index contributed by atoms with van der Waals surface area (Å²) >= 11 is 0. The fraction of sp³-hybridized carbons (Fsp3) is 0.900. The highest BCUT2D eigenvalue weighted by atomic mass is 16.5. The summed E-state index contributed by atoms with van der Waals surface area (Å²) in [5, 5.41) is 9.29. The lowest BCUT2D eigenvalue weighted by Crippen LogP contribution is -2.22. The molecule has 0 amide bonds. The molecule has 0 heterocycles. The van der Waals surface area contributed by atoms with Crippen LogP contribution in [0.3, 0.4) is 0 Å². The normalized spacial score (nSPS) is 13.0. The highest BCUT2D eigenvalue weighted by molar-refractivity contribution is 5.74. The molecule has 1 atom stereocenters. The Morgan fingerprint density at radius 1 is 1.38 bits per heavy atom. The first-order valence-corrected chi connectivity index (χ1v) is 4.92. The van der Waals surface area contributed by atoms with Gasteiger partial charge < -0.3 is 9.84 Å². The van der Waals surface area contributed by atoms with Crippen LogP contribution in [0.4, 0.5) is 0 Å². The smallest absolute Gasteiger partial charge is 0.334 e. The topological polar surface area (TPSA) is 46.5 Å². The van der Waals surface area contributed by atoms with Crippen LogP contribution in [0.1, 0.15) is 40.0 Å². The average molecular weight is 188 g/mol. The number of carbonyl (C=O) groups is 1. The Balaban J connectivity index is 3.49. The molecule has 0 fully saturated rings. The first-order chi connectivity index (χ1) is 6.07. The van der Waals surface area contributed by atoms with Crippen molar-refractivity contribution in [3.63, 3.8) is 0 Å². The van der Waals surface area contributed by atoms with Crippen LogP contribution in [-0.2, 0) is 9.53 Å². The van der Waals surface area contributed by atoms with E-state index in [1.54, 1.807) is 6.92 Å². The number of hydrogen-bond acceptors (Lipinski definition) is 3. The average Bonchev–Trinajstić information content (AvgIpc) is 2.04. The quantitative estimate of drug-likeness (QED) is 0.646. The van der Waals surface area contributed by atoms with Gasteiger partial charge in [0.15, 0.2) is 6.10 Å². The van der Waals surface area contributed by atoms with Crippen LogP contribution in [0.15, 0.2) is 0 Å². The van der Waals surface area contributed by atoms with Crippen molar-refractivity contribution in [3.05, 3.63) is 0 Å². The number of rotatable bonds is 6. The molecule has 0 saturated heterocycles. The first-order valence-electron chi connectivity index (χ1n) is 4.92. The second kappa shape index (κ2) is 6.89. The molecule has 0 aliphatic carbocycles. The highest BCUT2D eigenvalue weighted by Gasteiger charge is 2.15. The first kappa shape index (κ1) is 12.4. The summed E-state index contributed by atoms with van der Waals surface area (Å²) in [6, 6.07) is 0. The molecule has 3 heteroatoms. The summed E-state index contributed by atoms with van der Waals surface area (Å²) in [5.41, 5.74) is 0. The molecule has 13 heavy (non-hydrogen) atoms. The Labute approximate surface area is 80.1 Å². The van der Waals surface area contributed by atoms with E-state index in [9.17, 15) is 9.90 Å². The molecule has 0 spiro atoms. The van der Waals surface area contributed by atoms with E-state index in [1.807, 2.05) is 0 Å². The standard InChI is InChI=1S/C10H20O3/c1-4-13-10(12)9(11)7-5-6-8(2)3/h8-9,11H,4-7H2,1-3H3. The van der Waals surface area contributed by atoms with Crippen LogP contribution in [-0.4, -0.2) is 23.8 Å². The van der Waals surface area contributed by atoms with Crippen molar-refractivity contribution in [1.82, 2.24) is 0 Å². The van der Waals surface area contributed by atoms with Gasteiger partial charge in [0, 0.05) is 0 Å². The maximum atomic E-state index is 10.9. The van der Waals surface area contributed by atoms with Gasteiger partial charge in [-0.15, -0.1) is 0 Å². The molecule has 0 bridgehead atoms. The fourth-order valence-electron chi connectivity index (χ4n) is 1.08. The van der Waals surface area contributed by atoms with Gasteiger partial charge in [-0.05, 0) is 19.3 Å². The summed E-state index contributed by atoms with van der Waals surface area (Å²) in [4.78, 5) is 10.9. The van der Waals surface area contributed by atoms with Gasteiger partial charge in [-0.2, -0.15) is 0 Å². The zero-order valence-corrected chi connectivity index (χ0v) is 8.75. The fourth-order valence-corrected chi connectivity index (χ4v) is 1.08. The van der Waals surface area contributed by atoms with Crippen LogP contribution in [0.2, 0.25) is 0 Å². The predicted octanol–water partition coefficient (Wildman–Crippen LogP) is 1.74. The number of aliphatic hydroxyl groups excluding tert-OH is 1. The zero-order valence-electron chi connectivity index (χ0n) is 8.75. The van der Waals surface area contributed by atoms with E-state index in [1.165, 1.54) is 0 Å². The van der Waals surface area contributed by atoms with Crippen LogP contribution in [0.5, 0.6) is 0 Å². The third-order valence-electron chi connectivity index (χ3n) is 1.82. The summed E-state index contributed by atoms with van der Waals surface area (Å²) < 4.78 is 4.67. The molecule has 0 aliphatic heterocycles. The zero-order chi connectivity index (χ0) is 10.3. The van der Waals surface area contributed by atoms with E-state index in [4.69, 9.17) is 0 Å². The van der Waals surface area contributed by atoms with Crippen LogP contribution < -0.4 is 0 Å². The summed E-state index contributed by atoms with van der Waals surface area (Å²) in [6.45, 7) is 6.31. The van der Waals surface area contributed by atoms with Gasteiger partial charge in [0.05, 0.1) is 6.61 Å². The van der Waals surface area contributed by atoms with Gasteiger partial charge in [-0.25, -0.2) is 4.79 Å². The third kappa shape index (κ3) is 6.58. The van der Waals surface area contributed by atoms with Crippen LogP contribution in [0, 0.1) is 5.92 Å². The van der Waals surface area contributed by atoms with Crippen LogP contribution >= 0.6 is 0 Å². The van der Waals surface area contributed by atoms with Crippen molar-refractivity contribution in [1.29, 1.82) is 0 Å². The van der Waals surface area contributed by atoms with Gasteiger partial charge in [0.1, 0.15) is 0 Å². The molecule has 0 aliphatic rings. The minimum absolute atomic E-state index is 0.333. The third-order valence-corrected chi connectivity index (χ3v) is 1.82. The van der Waals surface area contributed by atoms with Crippen molar-refractivity contribution in [2.45, 2.75) is 46.1 Å². The van der Waals surface area contributed by atoms with Crippen molar-refractivity contribution in [2.24, 2.45) is 5.92 Å². The Hall–Kier alpha value is -0.570. The Morgan fingerprint density at radius 3 is 2.46 bits per heavy atom. The largest absolute Gasteiger partial charge is 0.464 e. The molecular weight excluding hydrogens is 168 g/mol. The number of aliphatic hydroxyl groups is 1. The highest BCUT2D eigenvalue weighted by Crippen LogP contribution is 2.09. The Morgan fingerprint density at radius 2 is 2.00 bits per heavy atom. The summed E-state index contributed by atoms with van der Waals surface area (Å²) in [5.74, 6) is 0.126. The molecule has 0 radical (unpaired) electrons. The van der Waals surface area contributed by atoms with E-state index in [0.29, 0.717) is 18.9 Å². The SMILES string of the molecule is CCOC(=O)C(O)CCCC(C)C. The number of esters is 1. The van der Waals surface area contributed by atoms with E-state index >= 15 is 0 Å². The number of carbonyl (C=O) groups excluding carboxylic acids is 1. The number of hydrogen-bond donors (Lipinski definition) is 1.